The van der Waals surface area contributed by atoms with E-state index < -0.39 is 5.97 Å². The summed E-state index contributed by atoms with van der Waals surface area (Å²) >= 11 is 5.82. The monoisotopic (exact) mass is 284 g/mol. The fourth-order valence-electron chi connectivity index (χ4n) is 2.32. The van der Waals surface area contributed by atoms with E-state index in [1.807, 2.05) is 0 Å². The van der Waals surface area contributed by atoms with Crippen molar-refractivity contribution in [3.8, 4) is 0 Å². The summed E-state index contributed by atoms with van der Waals surface area (Å²) in [7, 11) is 1.71. The van der Waals surface area contributed by atoms with Crippen LogP contribution in [0.25, 0.3) is 0 Å². The van der Waals surface area contributed by atoms with Crippen LogP contribution in [0.3, 0.4) is 0 Å². The lowest BCUT2D eigenvalue weighted by Crippen LogP contribution is -2.35. The second kappa shape index (κ2) is 6.21. The number of methoxy groups -OCH3 is 1. The maximum absolute atomic E-state index is 11.0. The molecule has 1 saturated heterocycles. The Balaban J connectivity index is 2.07. The number of halogens is 1. The van der Waals surface area contributed by atoms with Crippen molar-refractivity contribution in [2.75, 3.05) is 31.7 Å². The molecule has 2 rings (SSSR count). The fourth-order valence-corrected chi connectivity index (χ4v) is 2.51. The van der Waals surface area contributed by atoms with Crippen LogP contribution < -0.4 is 4.90 Å². The molecule has 1 aliphatic heterocycles. The summed E-state index contributed by atoms with van der Waals surface area (Å²) in [5, 5.41) is 9.19. The number of carbonyl (C=O) groups is 1. The molecule has 104 valence electrons. The molecule has 0 bridgehead atoms. The van der Waals surface area contributed by atoms with E-state index in [-0.39, 0.29) is 10.7 Å². The van der Waals surface area contributed by atoms with Crippen molar-refractivity contribution in [3.05, 3.63) is 22.8 Å². The number of pyridine rings is 1. The Bertz CT molecular complexity index is 459. The average molecular weight is 285 g/mol. The third-order valence-corrected chi connectivity index (χ3v) is 3.68. The maximum atomic E-state index is 11.0. The number of nitrogens with zero attached hydrogens (tertiary/aromatic N) is 2. The van der Waals surface area contributed by atoms with Crippen molar-refractivity contribution in [1.82, 2.24) is 4.98 Å². The van der Waals surface area contributed by atoms with Crippen molar-refractivity contribution in [1.29, 1.82) is 0 Å². The molecule has 0 aliphatic carbocycles. The number of carboxylic acid groups (broad SMARTS) is 1. The van der Waals surface area contributed by atoms with Gasteiger partial charge < -0.3 is 14.7 Å². The normalized spacial score (nSPS) is 16.6. The number of aromatic carboxylic acids is 1. The molecule has 1 aromatic rings. The van der Waals surface area contributed by atoms with Gasteiger partial charge in [0, 0.05) is 26.8 Å². The third kappa shape index (κ3) is 3.36. The number of anilines is 1. The van der Waals surface area contributed by atoms with Gasteiger partial charge in [-0.25, -0.2) is 9.78 Å². The number of piperidine rings is 1. The Labute approximate surface area is 117 Å². The first-order chi connectivity index (χ1) is 9.11. The molecule has 5 nitrogen and oxygen atoms in total. The van der Waals surface area contributed by atoms with Crippen LogP contribution in [0.15, 0.2) is 12.1 Å². The summed E-state index contributed by atoms with van der Waals surface area (Å²) in [5.41, 5.74) is -0.0850. The lowest BCUT2D eigenvalue weighted by molar-refractivity contribution is 0.0691. The molecule has 0 unspecified atom stereocenters. The molecule has 0 amide bonds. The van der Waals surface area contributed by atoms with Gasteiger partial charge in [0.1, 0.15) is 5.82 Å². The van der Waals surface area contributed by atoms with Crippen LogP contribution in [0.2, 0.25) is 5.02 Å². The molecular weight excluding hydrogens is 268 g/mol. The first-order valence-electron chi connectivity index (χ1n) is 6.25. The highest BCUT2D eigenvalue weighted by molar-refractivity contribution is 6.33. The number of carboxylic acids is 1. The Kier molecular flexibility index (Phi) is 4.61. The van der Waals surface area contributed by atoms with Crippen molar-refractivity contribution < 1.29 is 14.6 Å². The molecule has 19 heavy (non-hydrogen) atoms. The van der Waals surface area contributed by atoms with Gasteiger partial charge in [0.2, 0.25) is 0 Å². The van der Waals surface area contributed by atoms with E-state index in [4.69, 9.17) is 21.4 Å². The largest absolute Gasteiger partial charge is 0.476 e. The molecule has 1 aromatic heterocycles. The zero-order valence-corrected chi connectivity index (χ0v) is 11.6. The van der Waals surface area contributed by atoms with E-state index in [2.05, 4.69) is 9.88 Å². The molecule has 1 N–H and O–H groups in total. The topological polar surface area (TPSA) is 62.7 Å². The zero-order valence-electron chi connectivity index (χ0n) is 10.8. The first kappa shape index (κ1) is 14.1. The van der Waals surface area contributed by atoms with Gasteiger partial charge in [-0.2, -0.15) is 0 Å². The van der Waals surface area contributed by atoms with Crippen LogP contribution in [0, 0.1) is 5.92 Å². The van der Waals surface area contributed by atoms with Crippen molar-refractivity contribution in [3.63, 3.8) is 0 Å². The van der Waals surface area contributed by atoms with Gasteiger partial charge >= 0.3 is 5.97 Å². The highest BCUT2D eigenvalue weighted by Gasteiger charge is 2.21. The van der Waals surface area contributed by atoms with Crippen LogP contribution in [0.5, 0.6) is 0 Å². The molecule has 0 saturated carbocycles. The molecule has 0 aromatic carbocycles. The first-order valence-corrected chi connectivity index (χ1v) is 6.63. The van der Waals surface area contributed by atoms with Crippen LogP contribution >= 0.6 is 11.6 Å². The van der Waals surface area contributed by atoms with Gasteiger partial charge in [0.05, 0.1) is 5.02 Å². The highest BCUT2D eigenvalue weighted by atomic mass is 35.5. The van der Waals surface area contributed by atoms with Crippen molar-refractivity contribution >= 4 is 23.4 Å². The summed E-state index contributed by atoms with van der Waals surface area (Å²) < 4.78 is 5.16. The smallest absolute Gasteiger partial charge is 0.356 e. The number of hydrogen-bond donors (Lipinski definition) is 1. The lowest BCUT2D eigenvalue weighted by Gasteiger charge is -2.32. The minimum atomic E-state index is -1.10. The van der Waals surface area contributed by atoms with E-state index in [1.165, 1.54) is 0 Å². The van der Waals surface area contributed by atoms with Gasteiger partial charge in [0.25, 0.3) is 0 Å². The SMILES string of the molecule is COCC1CCN(c2ccc(Cl)c(C(=O)O)n2)CC1. The summed E-state index contributed by atoms with van der Waals surface area (Å²) in [6.07, 6.45) is 2.06. The van der Waals surface area contributed by atoms with Crippen LogP contribution in [-0.2, 0) is 4.74 Å². The van der Waals surface area contributed by atoms with E-state index in [9.17, 15) is 4.79 Å². The van der Waals surface area contributed by atoms with Crippen molar-refractivity contribution in [2.45, 2.75) is 12.8 Å². The molecule has 0 spiro atoms. The second-order valence-corrected chi connectivity index (χ2v) is 5.10. The quantitative estimate of drug-likeness (QED) is 0.919. The summed E-state index contributed by atoms with van der Waals surface area (Å²) in [4.78, 5) is 17.2. The van der Waals surface area contributed by atoms with Crippen LogP contribution in [0.1, 0.15) is 23.3 Å². The van der Waals surface area contributed by atoms with Gasteiger partial charge in [-0.05, 0) is 30.9 Å². The van der Waals surface area contributed by atoms with Crippen LogP contribution in [-0.4, -0.2) is 42.9 Å². The second-order valence-electron chi connectivity index (χ2n) is 4.69. The molecule has 6 heteroatoms. The number of rotatable bonds is 4. The zero-order chi connectivity index (χ0) is 13.8. The van der Waals surface area contributed by atoms with Crippen molar-refractivity contribution in [2.24, 2.45) is 5.92 Å². The van der Waals surface area contributed by atoms with Gasteiger partial charge in [-0.3, -0.25) is 0 Å². The standard InChI is InChI=1S/C13H17ClN2O3/c1-19-8-9-4-6-16(7-5-9)11-3-2-10(14)12(15-11)13(17)18/h2-3,9H,4-8H2,1H3,(H,17,18). The van der Waals surface area contributed by atoms with E-state index in [0.717, 1.165) is 32.5 Å². The summed E-state index contributed by atoms with van der Waals surface area (Å²) in [5.74, 6) is 0.159. The predicted octanol–water partition coefficient (Wildman–Crippen LogP) is 2.30. The minimum absolute atomic E-state index is 0.0850. The maximum Gasteiger partial charge on any atom is 0.356 e. The lowest BCUT2D eigenvalue weighted by atomic mass is 9.98. The Morgan fingerprint density at radius 2 is 2.21 bits per heavy atom. The van der Waals surface area contributed by atoms with Crippen LogP contribution in [0.4, 0.5) is 5.82 Å². The Morgan fingerprint density at radius 3 is 2.79 bits per heavy atom. The molecule has 1 aliphatic rings. The summed E-state index contributed by atoms with van der Waals surface area (Å²) in [6, 6.07) is 3.36. The van der Waals surface area contributed by atoms with Gasteiger partial charge in [0.15, 0.2) is 5.69 Å². The minimum Gasteiger partial charge on any atom is -0.476 e. The Morgan fingerprint density at radius 1 is 1.53 bits per heavy atom. The molecule has 1 fully saturated rings. The summed E-state index contributed by atoms with van der Waals surface area (Å²) in [6.45, 7) is 2.51. The molecule has 0 radical (unpaired) electrons. The molecular formula is C13H17ClN2O3. The number of ether oxygens (including phenoxy) is 1. The molecule has 0 atom stereocenters. The average Bonchev–Trinajstić information content (AvgIpc) is 2.40. The highest BCUT2D eigenvalue weighted by Crippen LogP contribution is 2.24. The fraction of sp³-hybridized carbons (Fsp3) is 0.538. The van der Waals surface area contributed by atoms with E-state index in [1.54, 1.807) is 19.2 Å². The van der Waals surface area contributed by atoms with E-state index in [0.29, 0.717) is 11.7 Å². The number of hydrogen-bond acceptors (Lipinski definition) is 4. The van der Waals surface area contributed by atoms with Gasteiger partial charge in [-0.1, -0.05) is 11.6 Å². The number of aromatic nitrogens is 1. The Hall–Kier alpha value is -1.33. The third-order valence-electron chi connectivity index (χ3n) is 3.37. The van der Waals surface area contributed by atoms with E-state index >= 15 is 0 Å². The predicted molar refractivity (Wildman–Crippen MR) is 73.0 cm³/mol. The molecule has 2 heterocycles. The van der Waals surface area contributed by atoms with Gasteiger partial charge in [-0.15, -0.1) is 0 Å².